The molecule has 0 aromatic carbocycles. The van der Waals surface area contributed by atoms with Gasteiger partial charge in [-0.3, -0.25) is 4.79 Å². The van der Waals surface area contributed by atoms with Crippen LogP contribution in [-0.2, 0) is 9.53 Å². The molecule has 2 aliphatic rings. The van der Waals surface area contributed by atoms with Gasteiger partial charge in [-0.25, -0.2) is 0 Å². The molecule has 1 aliphatic heterocycles. The number of ether oxygens (including phenoxy) is 1. The van der Waals surface area contributed by atoms with Gasteiger partial charge in [0.2, 0.25) is 5.91 Å². The van der Waals surface area contributed by atoms with Gasteiger partial charge in [0.05, 0.1) is 12.6 Å². The molecule has 0 spiro atoms. The smallest absolute Gasteiger partial charge is 0.234 e. The predicted molar refractivity (Wildman–Crippen MR) is 66.9 cm³/mol. The summed E-state index contributed by atoms with van der Waals surface area (Å²) in [6, 6.07) is 0.553. The molecule has 1 amide bonds. The van der Waals surface area contributed by atoms with Crippen LogP contribution in [0, 0.1) is 0 Å². The SMILES string of the molecule is O=C(CNC1CCCCC1)NCC1CCCO1. The van der Waals surface area contributed by atoms with E-state index in [4.69, 9.17) is 4.74 Å². The van der Waals surface area contributed by atoms with Crippen molar-refractivity contribution >= 4 is 5.91 Å². The molecular weight excluding hydrogens is 216 g/mol. The van der Waals surface area contributed by atoms with Gasteiger partial charge in [-0.1, -0.05) is 19.3 Å². The van der Waals surface area contributed by atoms with Crippen molar-refractivity contribution in [3.63, 3.8) is 0 Å². The molecule has 1 saturated carbocycles. The lowest BCUT2D eigenvalue weighted by molar-refractivity contribution is -0.120. The van der Waals surface area contributed by atoms with Gasteiger partial charge in [-0.15, -0.1) is 0 Å². The Morgan fingerprint density at radius 1 is 1.12 bits per heavy atom. The Hall–Kier alpha value is -0.610. The molecule has 17 heavy (non-hydrogen) atoms. The van der Waals surface area contributed by atoms with Gasteiger partial charge in [0.1, 0.15) is 0 Å². The van der Waals surface area contributed by atoms with Crippen molar-refractivity contribution in [3.8, 4) is 0 Å². The maximum absolute atomic E-state index is 11.6. The van der Waals surface area contributed by atoms with Crippen molar-refractivity contribution in [3.05, 3.63) is 0 Å². The Kier molecular flexibility index (Phi) is 5.26. The highest BCUT2D eigenvalue weighted by molar-refractivity contribution is 5.78. The van der Waals surface area contributed by atoms with Crippen LogP contribution in [0.4, 0.5) is 0 Å². The van der Waals surface area contributed by atoms with E-state index in [-0.39, 0.29) is 12.0 Å². The lowest BCUT2D eigenvalue weighted by atomic mass is 9.95. The number of rotatable bonds is 5. The fourth-order valence-corrected chi connectivity index (χ4v) is 2.64. The van der Waals surface area contributed by atoms with Gasteiger partial charge in [-0.05, 0) is 25.7 Å². The van der Waals surface area contributed by atoms with Crippen molar-refractivity contribution in [1.82, 2.24) is 10.6 Å². The predicted octanol–water partition coefficient (Wildman–Crippen LogP) is 1.20. The van der Waals surface area contributed by atoms with Gasteiger partial charge >= 0.3 is 0 Å². The maximum Gasteiger partial charge on any atom is 0.234 e. The molecular formula is C13H24N2O2. The fraction of sp³-hybridized carbons (Fsp3) is 0.923. The minimum absolute atomic E-state index is 0.103. The van der Waals surface area contributed by atoms with Crippen LogP contribution in [0.3, 0.4) is 0 Å². The van der Waals surface area contributed by atoms with E-state index in [1.54, 1.807) is 0 Å². The third kappa shape index (κ3) is 4.64. The zero-order valence-electron chi connectivity index (χ0n) is 10.5. The summed E-state index contributed by atoms with van der Waals surface area (Å²) in [5.74, 6) is 0.103. The number of carbonyl (C=O) groups excluding carboxylic acids is 1. The number of hydrogen-bond donors (Lipinski definition) is 2. The summed E-state index contributed by atoms with van der Waals surface area (Å²) in [5, 5.41) is 6.28. The molecule has 0 aromatic heterocycles. The normalized spacial score (nSPS) is 26.0. The molecule has 0 bridgehead atoms. The minimum atomic E-state index is 0.103. The molecule has 1 atom stereocenters. The van der Waals surface area contributed by atoms with Crippen LogP contribution >= 0.6 is 0 Å². The van der Waals surface area contributed by atoms with Crippen molar-refractivity contribution in [2.45, 2.75) is 57.1 Å². The zero-order chi connectivity index (χ0) is 11.9. The van der Waals surface area contributed by atoms with Gasteiger partial charge in [0.15, 0.2) is 0 Å². The monoisotopic (exact) mass is 240 g/mol. The first-order valence-electron chi connectivity index (χ1n) is 6.96. The molecule has 0 aromatic rings. The van der Waals surface area contributed by atoms with E-state index in [9.17, 15) is 4.79 Å². The molecule has 0 radical (unpaired) electrons. The number of nitrogens with one attached hydrogen (secondary N) is 2. The highest BCUT2D eigenvalue weighted by Crippen LogP contribution is 2.17. The quantitative estimate of drug-likeness (QED) is 0.759. The Bertz CT molecular complexity index is 234. The number of amides is 1. The van der Waals surface area contributed by atoms with Crippen LogP contribution < -0.4 is 10.6 Å². The molecule has 1 aliphatic carbocycles. The van der Waals surface area contributed by atoms with Gasteiger partial charge < -0.3 is 15.4 Å². The second kappa shape index (κ2) is 6.97. The minimum Gasteiger partial charge on any atom is -0.376 e. The standard InChI is InChI=1S/C13H24N2O2/c16-13(15-9-12-7-4-8-17-12)10-14-11-5-2-1-3-6-11/h11-12,14H,1-10H2,(H,15,16). The number of hydrogen-bond acceptors (Lipinski definition) is 3. The second-order valence-corrected chi connectivity index (χ2v) is 5.15. The van der Waals surface area contributed by atoms with Crippen molar-refractivity contribution in [1.29, 1.82) is 0 Å². The van der Waals surface area contributed by atoms with Crippen molar-refractivity contribution in [2.75, 3.05) is 19.7 Å². The van der Waals surface area contributed by atoms with Gasteiger partial charge in [0, 0.05) is 19.2 Å². The average Bonchev–Trinajstić information content (AvgIpc) is 2.88. The van der Waals surface area contributed by atoms with Crippen LogP contribution in [-0.4, -0.2) is 37.7 Å². The topological polar surface area (TPSA) is 50.4 Å². The zero-order valence-corrected chi connectivity index (χ0v) is 10.5. The lowest BCUT2D eigenvalue weighted by Crippen LogP contribution is -2.42. The summed E-state index contributed by atoms with van der Waals surface area (Å²) >= 11 is 0. The largest absolute Gasteiger partial charge is 0.376 e. The summed E-state index contributed by atoms with van der Waals surface area (Å²) in [6.07, 6.45) is 8.84. The molecule has 2 fully saturated rings. The molecule has 4 nitrogen and oxygen atoms in total. The first kappa shape index (κ1) is 12.8. The summed E-state index contributed by atoms with van der Waals surface area (Å²) < 4.78 is 5.46. The summed E-state index contributed by atoms with van der Waals surface area (Å²) in [5.41, 5.74) is 0. The van der Waals surface area contributed by atoms with E-state index in [0.29, 0.717) is 19.1 Å². The summed E-state index contributed by atoms with van der Waals surface area (Å²) in [4.78, 5) is 11.6. The van der Waals surface area contributed by atoms with Gasteiger partial charge in [-0.2, -0.15) is 0 Å². The third-order valence-corrected chi connectivity index (χ3v) is 3.71. The molecule has 1 heterocycles. The third-order valence-electron chi connectivity index (χ3n) is 3.71. The van der Waals surface area contributed by atoms with E-state index in [1.807, 2.05) is 0 Å². The van der Waals surface area contributed by atoms with Crippen molar-refractivity contribution < 1.29 is 9.53 Å². The molecule has 1 unspecified atom stereocenters. The summed E-state index contributed by atoms with van der Waals surface area (Å²) in [6.45, 7) is 1.98. The molecule has 4 heteroatoms. The first-order chi connectivity index (χ1) is 8.34. The average molecular weight is 240 g/mol. The Morgan fingerprint density at radius 3 is 2.65 bits per heavy atom. The van der Waals surface area contributed by atoms with Crippen LogP contribution in [0.15, 0.2) is 0 Å². The Labute approximate surface area is 103 Å². The summed E-state index contributed by atoms with van der Waals surface area (Å²) in [7, 11) is 0. The van der Waals surface area contributed by atoms with Crippen LogP contribution in [0.1, 0.15) is 44.9 Å². The maximum atomic E-state index is 11.6. The van der Waals surface area contributed by atoms with E-state index >= 15 is 0 Å². The van der Waals surface area contributed by atoms with E-state index in [2.05, 4.69) is 10.6 Å². The Balaban J connectivity index is 1.53. The van der Waals surface area contributed by atoms with Crippen molar-refractivity contribution in [2.24, 2.45) is 0 Å². The Morgan fingerprint density at radius 2 is 1.94 bits per heavy atom. The molecule has 2 N–H and O–H groups in total. The lowest BCUT2D eigenvalue weighted by Gasteiger charge is -2.22. The second-order valence-electron chi connectivity index (χ2n) is 5.15. The number of carbonyl (C=O) groups is 1. The molecule has 98 valence electrons. The van der Waals surface area contributed by atoms with Gasteiger partial charge in [0.25, 0.3) is 0 Å². The highest BCUT2D eigenvalue weighted by Gasteiger charge is 2.17. The fourth-order valence-electron chi connectivity index (χ4n) is 2.64. The van der Waals surface area contributed by atoms with E-state index < -0.39 is 0 Å². The molecule has 2 rings (SSSR count). The first-order valence-corrected chi connectivity index (χ1v) is 6.96. The van der Waals surface area contributed by atoms with E-state index in [0.717, 1.165) is 19.4 Å². The van der Waals surface area contributed by atoms with E-state index in [1.165, 1.54) is 32.1 Å². The van der Waals surface area contributed by atoms with Crippen LogP contribution in [0.5, 0.6) is 0 Å². The van der Waals surface area contributed by atoms with Crippen LogP contribution in [0.2, 0.25) is 0 Å². The highest BCUT2D eigenvalue weighted by atomic mass is 16.5. The molecule has 1 saturated heterocycles. The van der Waals surface area contributed by atoms with Crippen LogP contribution in [0.25, 0.3) is 0 Å².